The molecule has 31 heavy (non-hydrogen) atoms. The third-order valence-corrected chi connectivity index (χ3v) is 5.92. The van der Waals surface area contributed by atoms with Crippen molar-refractivity contribution < 1.29 is 14.3 Å². The smallest absolute Gasteiger partial charge is 0.257 e. The average molecular weight is 423 g/mol. The van der Waals surface area contributed by atoms with E-state index < -0.39 is 0 Å². The lowest BCUT2D eigenvalue weighted by atomic mass is 10.0. The Bertz CT molecular complexity index is 853. The molecule has 0 bridgehead atoms. The fourth-order valence-corrected chi connectivity index (χ4v) is 4.11. The van der Waals surface area contributed by atoms with Gasteiger partial charge in [-0.05, 0) is 37.0 Å². The van der Waals surface area contributed by atoms with Crippen LogP contribution in [0.3, 0.4) is 0 Å². The normalized spacial score (nSPS) is 18.6. The van der Waals surface area contributed by atoms with E-state index in [0.717, 1.165) is 45.2 Å². The first kappa shape index (κ1) is 22.9. The topological polar surface area (TPSA) is 49.9 Å². The number of ether oxygens (including phenoxy) is 1. The highest BCUT2D eigenvalue weighted by Crippen LogP contribution is 2.22. The summed E-state index contributed by atoms with van der Waals surface area (Å²) >= 11 is 0. The summed E-state index contributed by atoms with van der Waals surface area (Å²) in [6.07, 6.45) is 5.22. The predicted molar refractivity (Wildman–Crippen MR) is 123 cm³/mol. The van der Waals surface area contributed by atoms with Gasteiger partial charge >= 0.3 is 0 Å². The molecule has 3 rings (SSSR count). The van der Waals surface area contributed by atoms with Crippen LogP contribution in [-0.2, 0) is 11.2 Å². The van der Waals surface area contributed by atoms with Crippen LogP contribution >= 0.6 is 0 Å². The van der Waals surface area contributed by atoms with Crippen molar-refractivity contribution in [1.82, 2.24) is 9.80 Å². The summed E-state index contributed by atoms with van der Waals surface area (Å²) in [4.78, 5) is 29.6. The molecule has 2 amide bonds. The second-order valence-corrected chi connectivity index (χ2v) is 8.23. The number of fused-ring (bicyclic) bond motifs is 1. The van der Waals surface area contributed by atoms with Gasteiger partial charge in [0.1, 0.15) is 12.4 Å². The number of hydrogen-bond acceptors (Lipinski definition) is 3. The van der Waals surface area contributed by atoms with Crippen LogP contribution in [-0.4, -0.2) is 54.4 Å². The van der Waals surface area contributed by atoms with Gasteiger partial charge in [-0.1, -0.05) is 62.2 Å². The van der Waals surface area contributed by atoms with E-state index >= 15 is 0 Å². The van der Waals surface area contributed by atoms with Crippen molar-refractivity contribution in [3.8, 4) is 5.75 Å². The largest absolute Gasteiger partial charge is 0.491 e. The maximum Gasteiger partial charge on any atom is 0.257 e. The van der Waals surface area contributed by atoms with Gasteiger partial charge in [-0.25, -0.2) is 0 Å². The van der Waals surface area contributed by atoms with Gasteiger partial charge in [0.15, 0.2) is 0 Å². The minimum atomic E-state index is -0.0846. The van der Waals surface area contributed by atoms with Gasteiger partial charge in [0, 0.05) is 26.6 Å². The Morgan fingerprint density at radius 2 is 1.65 bits per heavy atom. The zero-order chi connectivity index (χ0) is 22.1. The minimum Gasteiger partial charge on any atom is -0.491 e. The van der Waals surface area contributed by atoms with Crippen LogP contribution in [0.2, 0.25) is 0 Å². The number of carbonyl (C=O) groups excluding carboxylic acids is 2. The predicted octanol–water partition coefficient (Wildman–Crippen LogP) is 4.56. The summed E-state index contributed by atoms with van der Waals surface area (Å²) < 4.78 is 6.22. The molecule has 0 aliphatic carbocycles. The highest BCUT2D eigenvalue weighted by molar-refractivity contribution is 5.96. The maximum atomic E-state index is 13.0. The SMILES string of the molecule is CCC(=O)N1CCCCCCN(C)C(=O)c2ccccc2OC[C@@H]1Cc1ccccc1. The zero-order valence-corrected chi connectivity index (χ0v) is 18.8. The Labute approximate surface area is 186 Å². The summed E-state index contributed by atoms with van der Waals surface area (Å²) in [5.41, 5.74) is 1.75. The summed E-state index contributed by atoms with van der Waals surface area (Å²) in [5, 5.41) is 0. The van der Waals surface area contributed by atoms with Gasteiger partial charge < -0.3 is 14.5 Å². The van der Waals surface area contributed by atoms with E-state index in [9.17, 15) is 9.59 Å². The molecular weight excluding hydrogens is 388 g/mol. The monoisotopic (exact) mass is 422 g/mol. The molecule has 0 unspecified atom stereocenters. The molecule has 0 N–H and O–H groups in total. The van der Waals surface area contributed by atoms with Crippen molar-refractivity contribution in [2.24, 2.45) is 0 Å². The van der Waals surface area contributed by atoms with Crippen LogP contribution in [0.15, 0.2) is 54.6 Å². The molecule has 5 heteroatoms. The summed E-state index contributed by atoms with van der Waals surface area (Å²) in [6.45, 7) is 3.73. The zero-order valence-electron chi connectivity index (χ0n) is 18.8. The molecular formula is C26H34N2O3. The van der Waals surface area contributed by atoms with Crippen LogP contribution in [0.5, 0.6) is 5.75 Å². The highest BCUT2D eigenvalue weighted by atomic mass is 16.5. The number of benzene rings is 2. The van der Waals surface area contributed by atoms with Gasteiger partial charge in [0.05, 0.1) is 11.6 Å². The van der Waals surface area contributed by atoms with E-state index in [1.165, 1.54) is 5.56 Å². The van der Waals surface area contributed by atoms with Crippen molar-refractivity contribution in [3.05, 3.63) is 65.7 Å². The van der Waals surface area contributed by atoms with Crippen molar-refractivity contribution in [3.63, 3.8) is 0 Å². The van der Waals surface area contributed by atoms with Crippen LogP contribution < -0.4 is 4.74 Å². The lowest BCUT2D eigenvalue weighted by Crippen LogP contribution is -2.45. The standard InChI is InChI=1S/C26H34N2O3/c1-3-25(29)28-18-12-5-4-11-17-27(2)26(30)23-15-9-10-16-24(23)31-20-22(28)19-21-13-7-6-8-14-21/h6-10,13-16,22H,3-5,11-12,17-20H2,1-2H3/t22-/m0/s1. The lowest BCUT2D eigenvalue weighted by molar-refractivity contribution is -0.134. The van der Waals surface area contributed by atoms with Crippen molar-refractivity contribution >= 4 is 11.8 Å². The van der Waals surface area contributed by atoms with Gasteiger partial charge in [-0.2, -0.15) is 0 Å². The fourth-order valence-electron chi connectivity index (χ4n) is 4.11. The van der Waals surface area contributed by atoms with E-state index in [0.29, 0.717) is 24.3 Å². The van der Waals surface area contributed by atoms with Crippen molar-refractivity contribution in [2.45, 2.75) is 51.5 Å². The molecule has 5 nitrogen and oxygen atoms in total. The van der Waals surface area contributed by atoms with Crippen LogP contribution in [0, 0.1) is 0 Å². The second kappa shape index (κ2) is 11.5. The Morgan fingerprint density at radius 3 is 2.39 bits per heavy atom. The van der Waals surface area contributed by atoms with Gasteiger partial charge in [-0.15, -0.1) is 0 Å². The Hall–Kier alpha value is -2.82. The minimum absolute atomic E-state index is 0.0197. The van der Waals surface area contributed by atoms with Crippen LogP contribution in [0.25, 0.3) is 0 Å². The van der Waals surface area contributed by atoms with Crippen molar-refractivity contribution in [1.29, 1.82) is 0 Å². The molecule has 0 spiro atoms. The highest BCUT2D eigenvalue weighted by Gasteiger charge is 2.25. The number of para-hydroxylation sites is 1. The molecule has 1 aliphatic heterocycles. The molecule has 1 heterocycles. The number of carbonyl (C=O) groups is 2. The Kier molecular flexibility index (Phi) is 8.51. The first-order valence-electron chi connectivity index (χ1n) is 11.4. The molecule has 0 radical (unpaired) electrons. The van der Waals surface area contributed by atoms with E-state index in [1.54, 1.807) is 4.90 Å². The quantitative estimate of drug-likeness (QED) is 0.729. The van der Waals surface area contributed by atoms with Crippen molar-refractivity contribution in [2.75, 3.05) is 26.7 Å². The third-order valence-electron chi connectivity index (χ3n) is 5.92. The van der Waals surface area contributed by atoms with Gasteiger partial charge in [0.2, 0.25) is 5.91 Å². The summed E-state index contributed by atoms with van der Waals surface area (Å²) in [5.74, 6) is 0.716. The van der Waals surface area contributed by atoms with E-state index in [1.807, 2.05) is 61.3 Å². The average Bonchev–Trinajstić information content (AvgIpc) is 2.80. The lowest BCUT2D eigenvalue weighted by Gasteiger charge is -2.32. The number of rotatable bonds is 3. The number of amides is 2. The Morgan fingerprint density at radius 1 is 0.968 bits per heavy atom. The molecule has 1 aliphatic rings. The van der Waals surface area contributed by atoms with Crippen LogP contribution in [0.4, 0.5) is 0 Å². The maximum absolute atomic E-state index is 13.0. The second-order valence-electron chi connectivity index (χ2n) is 8.23. The van der Waals surface area contributed by atoms with Gasteiger partial charge in [-0.3, -0.25) is 9.59 Å². The molecule has 0 saturated carbocycles. The molecule has 1 atom stereocenters. The summed E-state index contributed by atoms with van der Waals surface area (Å²) in [7, 11) is 1.85. The third kappa shape index (κ3) is 6.33. The fraction of sp³-hybridized carbons (Fsp3) is 0.462. The molecule has 166 valence electrons. The van der Waals surface area contributed by atoms with Gasteiger partial charge in [0.25, 0.3) is 5.91 Å². The molecule has 0 saturated heterocycles. The molecule has 0 fully saturated rings. The number of hydrogen-bond donors (Lipinski definition) is 0. The first-order chi connectivity index (χ1) is 15.1. The Balaban J connectivity index is 1.90. The summed E-state index contributed by atoms with van der Waals surface area (Å²) in [6, 6.07) is 17.6. The van der Waals surface area contributed by atoms with E-state index in [-0.39, 0.29) is 17.9 Å². The number of nitrogens with zero attached hydrogens (tertiary/aromatic N) is 2. The first-order valence-corrected chi connectivity index (χ1v) is 11.4. The van der Waals surface area contributed by atoms with E-state index in [4.69, 9.17) is 4.74 Å². The van der Waals surface area contributed by atoms with E-state index in [2.05, 4.69) is 12.1 Å². The van der Waals surface area contributed by atoms with Crippen LogP contribution in [0.1, 0.15) is 54.9 Å². The molecule has 2 aromatic carbocycles. The molecule has 2 aromatic rings. The molecule has 0 aromatic heterocycles.